The quantitative estimate of drug-likeness (QED) is 0.693. The molecule has 21 heavy (non-hydrogen) atoms. The number of nitrogens with one attached hydrogen (secondary N) is 2. The number of carbonyl (C=O) groups excluding carboxylic acids is 3. The van der Waals surface area contributed by atoms with Crippen LogP contribution in [0, 0.1) is 0 Å². The summed E-state index contributed by atoms with van der Waals surface area (Å²) < 4.78 is 9.82. The first-order chi connectivity index (χ1) is 9.69. The lowest BCUT2D eigenvalue weighted by Crippen LogP contribution is -2.49. The molecule has 0 saturated heterocycles. The van der Waals surface area contributed by atoms with Gasteiger partial charge in [-0.2, -0.15) is 0 Å². The van der Waals surface area contributed by atoms with E-state index >= 15 is 0 Å². The van der Waals surface area contributed by atoms with Gasteiger partial charge in [-0.05, 0) is 34.1 Å². The molecule has 0 aromatic carbocycles. The average molecular weight is 302 g/mol. The van der Waals surface area contributed by atoms with E-state index in [2.05, 4.69) is 10.6 Å². The Bertz CT molecular complexity index is 363. The Morgan fingerprint density at radius 1 is 1.14 bits per heavy atom. The van der Waals surface area contributed by atoms with Crippen molar-refractivity contribution < 1.29 is 23.9 Å². The zero-order valence-corrected chi connectivity index (χ0v) is 13.4. The predicted molar refractivity (Wildman–Crippen MR) is 77.7 cm³/mol. The SMILES string of the molecule is CCC[C@@H](NC(=O)OC(C)(C)C)C(=O)NCC(=O)OCC. The van der Waals surface area contributed by atoms with Crippen molar-refractivity contribution in [2.45, 2.75) is 59.1 Å². The van der Waals surface area contributed by atoms with E-state index in [-0.39, 0.29) is 13.2 Å². The van der Waals surface area contributed by atoms with E-state index < -0.39 is 29.6 Å². The first kappa shape index (κ1) is 19.2. The van der Waals surface area contributed by atoms with Crippen LogP contribution >= 0.6 is 0 Å². The standard InChI is InChI=1S/C14H26N2O5/c1-6-8-10(16-13(19)21-14(3,4)5)12(18)15-9-11(17)20-7-2/h10H,6-9H2,1-5H3,(H,15,18)(H,16,19)/t10-/m1/s1. The zero-order chi connectivity index (χ0) is 16.5. The van der Waals surface area contributed by atoms with Gasteiger partial charge >= 0.3 is 12.1 Å². The van der Waals surface area contributed by atoms with Gasteiger partial charge in [0.15, 0.2) is 0 Å². The largest absolute Gasteiger partial charge is 0.465 e. The molecular weight excluding hydrogens is 276 g/mol. The molecule has 7 nitrogen and oxygen atoms in total. The van der Waals surface area contributed by atoms with E-state index in [1.165, 1.54) is 0 Å². The van der Waals surface area contributed by atoms with Crippen LogP contribution in [-0.4, -0.2) is 42.8 Å². The molecule has 0 aromatic heterocycles. The van der Waals surface area contributed by atoms with E-state index in [1.807, 2.05) is 6.92 Å². The molecule has 7 heteroatoms. The molecule has 2 N–H and O–H groups in total. The molecule has 0 aliphatic carbocycles. The van der Waals surface area contributed by atoms with Gasteiger partial charge in [-0.15, -0.1) is 0 Å². The average Bonchev–Trinajstić information content (AvgIpc) is 2.33. The first-order valence-corrected chi connectivity index (χ1v) is 7.12. The van der Waals surface area contributed by atoms with Crippen molar-refractivity contribution in [2.24, 2.45) is 0 Å². The fraction of sp³-hybridized carbons (Fsp3) is 0.786. The van der Waals surface area contributed by atoms with Crippen molar-refractivity contribution in [2.75, 3.05) is 13.2 Å². The highest BCUT2D eigenvalue weighted by molar-refractivity contribution is 5.88. The Balaban J connectivity index is 4.42. The van der Waals surface area contributed by atoms with Crippen LogP contribution in [0.2, 0.25) is 0 Å². The summed E-state index contributed by atoms with van der Waals surface area (Å²) in [6.07, 6.45) is 0.494. The molecule has 0 radical (unpaired) electrons. The van der Waals surface area contributed by atoms with Gasteiger partial charge in [-0.1, -0.05) is 13.3 Å². The van der Waals surface area contributed by atoms with Crippen LogP contribution in [0.4, 0.5) is 4.79 Å². The van der Waals surface area contributed by atoms with Gasteiger partial charge in [0.25, 0.3) is 0 Å². The number of rotatable bonds is 7. The van der Waals surface area contributed by atoms with Crippen LogP contribution in [0.25, 0.3) is 0 Å². The van der Waals surface area contributed by atoms with Gasteiger partial charge in [0.1, 0.15) is 18.2 Å². The minimum atomic E-state index is -0.737. The van der Waals surface area contributed by atoms with Crippen molar-refractivity contribution in [1.82, 2.24) is 10.6 Å². The Morgan fingerprint density at radius 2 is 1.76 bits per heavy atom. The molecule has 0 aromatic rings. The van der Waals surface area contributed by atoms with Crippen LogP contribution in [0.1, 0.15) is 47.5 Å². The molecule has 0 bridgehead atoms. The van der Waals surface area contributed by atoms with Crippen molar-refractivity contribution in [3.05, 3.63) is 0 Å². The second kappa shape index (κ2) is 9.20. The molecule has 0 heterocycles. The molecule has 0 fully saturated rings. The van der Waals surface area contributed by atoms with E-state index in [1.54, 1.807) is 27.7 Å². The molecule has 0 aliphatic heterocycles. The maximum atomic E-state index is 12.0. The van der Waals surface area contributed by atoms with E-state index in [4.69, 9.17) is 9.47 Å². The van der Waals surface area contributed by atoms with Gasteiger partial charge < -0.3 is 20.1 Å². The van der Waals surface area contributed by atoms with Crippen LogP contribution in [-0.2, 0) is 19.1 Å². The lowest BCUT2D eigenvalue weighted by atomic mass is 10.1. The van der Waals surface area contributed by atoms with Crippen molar-refractivity contribution in [3.8, 4) is 0 Å². The van der Waals surface area contributed by atoms with Gasteiger partial charge in [0.2, 0.25) is 5.91 Å². The number of ether oxygens (including phenoxy) is 2. The Kier molecular flexibility index (Phi) is 8.42. The lowest BCUT2D eigenvalue weighted by molar-refractivity contribution is -0.143. The molecule has 1 atom stereocenters. The van der Waals surface area contributed by atoms with Crippen molar-refractivity contribution in [3.63, 3.8) is 0 Å². The second-order valence-electron chi connectivity index (χ2n) is 5.51. The van der Waals surface area contributed by atoms with Crippen molar-refractivity contribution >= 4 is 18.0 Å². The third-order valence-electron chi connectivity index (χ3n) is 2.30. The Morgan fingerprint density at radius 3 is 2.24 bits per heavy atom. The zero-order valence-electron chi connectivity index (χ0n) is 13.4. The number of amides is 2. The van der Waals surface area contributed by atoms with Gasteiger partial charge in [-0.3, -0.25) is 9.59 Å². The molecule has 0 spiro atoms. The highest BCUT2D eigenvalue weighted by Crippen LogP contribution is 2.07. The van der Waals surface area contributed by atoms with Crippen LogP contribution in [0.15, 0.2) is 0 Å². The van der Waals surface area contributed by atoms with E-state index in [0.717, 1.165) is 0 Å². The molecular formula is C14H26N2O5. The normalized spacial score (nSPS) is 12.2. The topological polar surface area (TPSA) is 93.7 Å². The van der Waals surface area contributed by atoms with E-state index in [0.29, 0.717) is 12.8 Å². The predicted octanol–water partition coefficient (Wildman–Crippen LogP) is 1.36. The summed E-state index contributed by atoms with van der Waals surface area (Å²) in [5.41, 5.74) is -0.637. The number of esters is 1. The summed E-state index contributed by atoms with van der Waals surface area (Å²) in [6.45, 7) is 8.82. The lowest BCUT2D eigenvalue weighted by Gasteiger charge is -2.23. The monoisotopic (exact) mass is 302 g/mol. The molecule has 0 unspecified atom stereocenters. The third kappa shape index (κ3) is 9.70. The molecule has 0 rings (SSSR count). The van der Waals surface area contributed by atoms with Crippen LogP contribution < -0.4 is 10.6 Å². The third-order valence-corrected chi connectivity index (χ3v) is 2.30. The summed E-state index contributed by atoms with van der Waals surface area (Å²) in [5, 5.41) is 4.94. The van der Waals surface area contributed by atoms with Gasteiger partial charge in [0.05, 0.1) is 6.61 Å². The number of hydrogen-bond donors (Lipinski definition) is 2. The highest BCUT2D eigenvalue weighted by atomic mass is 16.6. The summed E-state index contributed by atoms with van der Waals surface area (Å²) >= 11 is 0. The second-order valence-corrected chi connectivity index (χ2v) is 5.51. The highest BCUT2D eigenvalue weighted by Gasteiger charge is 2.24. The summed E-state index contributed by atoms with van der Waals surface area (Å²) in [4.78, 5) is 34.8. The van der Waals surface area contributed by atoms with Crippen LogP contribution in [0.3, 0.4) is 0 Å². The molecule has 0 saturated carbocycles. The van der Waals surface area contributed by atoms with Gasteiger partial charge in [-0.25, -0.2) is 4.79 Å². The van der Waals surface area contributed by atoms with Crippen molar-refractivity contribution in [1.29, 1.82) is 0 Å². The fourth-order valence-electron chi connectivity index (χ4n) is 1.50. The van der Waals surface area contributed by atoms with Gasteiger partial charge in [0, 0.05) is 0 Å². The summed E-state index contributed by atoms with van der Waals surface area (Å²) in [7, 11) is 0. The van der Waals surface area contributed by atoms with E-state index in [9.17, 15) is 14.4 Å². The summed E-state index contributed by atoms with van der Waals surface area (Å²) in [6, 6.07) is -0.737. The Hall–Kier alpha value is -1.79. The first-order valence-electron chi connectivity index (χ1n) is 7.12. The number of carbonyl (C=O) groups is 3. The fourth-order valence-corrected chi connectivity index (χ4v) is 1.50. The molecule has 122 valence electrons. The molecule has 0 aliphatic rings. The minimum Gasteiger partial charge on any atom is -0.465 e. The summed E-state index contributed by atoms with van der Waals surface area (Å²) in [5.74, 6) is -0.950. The smallest absolute Gasteiger partial charge is 0.408 e. The minimum absolute atomic E-state index is 0.219. The molecule has 2 amide bonds. The number of alkyl carbamates (subject to hydrolysis) is 1. The maximum Gasteiger partial charge on any atom is 0.408 e. The number of hydrogen-bond acceptors (Lipinski definition) is 5. The van der Waals surface area contributed by atoms with Crippen LogP contribution in [0.5, 0.6) is 0 Å². The maximum absolute atomic E-state index is 12.0. The Labute approximate surface area is 125 Å².